The normalized spacial score (nSPS) is 11.2. The van der Waals surface area contributed by atoms with Crippen molar-refractivity contribution in [2.24, 2.45) is 0 Å². The molecule has 0 unspecified atom stereocenters. The second-order valence-corrected chi connectivity index (χ2v) is 10.9. The SMILES string of the molecule is O=C(CCc1ccc(S(=O)(=O)NCCc2ccccc2)cc1)Nc1ccc(Cl)cc1C(=O)c1ccccc1. The lowest BCUT2D eigenvalue weighted by Gasteiger charge is -2.12. The smallest absolute Gasteiger partial charge is 0.240 e. The fraction of sp³-hybridized carbons (Fsp3) is 0.133. The first-order valence-electron chi connectivity index (χ1n) is 12.1. The molecule has 0 aliphatic heterocycles. The van der Waals surface area contributed by atoms with E-state index in [1.165, 1.54) is 12.1 Å². The highest BCUT2D eigenvalue weighted by molar-refractivity contribution is 7.89. The van der Waals surface area contributed by atoms with Gasteiger partial charge in [-0.05, 0) is 54.3 Å². The monoisotopic (exact) mass is 546 g/mol. The van der Waals surface area contributed by atoms with Gasteiger partial charge in [0.1, 0.15) is 0 Å². The predicted molar refractivity (Wildman–Crippen MR) is 150 cm³/mol. The molecule has 4 aromatic carbocycles. The Hall–Kier alpha value is -3.78. The Labute approximate surface area is 227 Å². The number of carbonyl (C=O) groups is 2. The fourth-order valence-corrected chi connectivity index (χ4v) is 5.13. The molecule has 0 aliphatic carbocycles. The number of ketones is 1. The van der Waals surface area contributed by atoms with Crippen molar-refractivity contribution < 1.29 is 18.0 Å². The zero-order chi connectivity index (χ0) is 27.0. The fourth-order valence-electron chi connectivity index (χ4n) is 3.92. The zero-order valence-electron chi connectivity index (χ0n) is 20.6. The molecule has 1 amide bonds. The molecule has 38 heavy (non-hydrogen) atoms. The third-order valence-corrected chi connectivity index (χ3v) is 7.67. The molecule has 0 aromatic heterocycles. The van der Waals surface area contributed by atoms with Crippen molar-refractivity contribution in [2.45, 2.75) is 24.2 Å². The van der Waals surface area contributed by atoms with Crippen molar-refractivity contribution in [1.82, 2.24) is 4.72 Å². The second kappa shape index (κ2) is 12.6. The van der Waals surface area contributed by atoms with Crippen LogP contribution in [0.2, 0.25) is 5.02 Å². The van der Waals surface area contributed by atoms with E-state index in [-0.39, 0.29) is 23.0 Å². The van der Waals surface area contributed by atoms with Gasteiger partial charge in [-0.15, -0.1) is 0 Å². The van der Waals surface area contributed by atoms with E-state index >= 15 is 0 Å². The number of anilines is 1. The van der Waals surface area contributed by atoms with Gasteiger partial charge in [0.05, 0.1) is 10.6 Å². The van der Waals surface area contributed by atoms with E-state index < -0.39 is 10.0 Å². The summed E-state index contributed by atoms with van der Waals surface area (Å²) in [5.41, 5.74) is 3.07. The van der Waals surface area contributed by atoms with E-state index in [0.717, 1.165) is 11.1 Å². The summed E-state index contributed by atoms with van der Waals surface area (Å²) in [5.74, 6) is -0.508. The summed E-state index contributed by atoms with van der Waals surface area (Å²) in [6.45, 7) is 0.299. The Morgan fingerprint density at radius 1 is 0.737 bits per heavy atom. The van der Waals surface area contributed by atoms with Crippen LogP contribution in [-0.4, -0.2) is 26.7 Å². The summed E-state index contributed by atoms with van der Waals surface area (Å²) in [4.78, 5) is 25.8. The standard InChI is InChI=1S/C30H27ClN2O4S/c31-25-14-17-28(27(21-25)30(35)24-9-5-2-6-10-24)33-29(34)18-13-23-11-15-26(16-12-23)38(36,37)32-20-19-22-7-3-1-4-8-22/h1-12,14-17,21,32H,13,18-20H2,(H,33,34). The lowest BCUT2D eigenvalue weighted by Crippen LogP contribution is -2.26. The molecule has 0 fully saturated rings. The van der Waals surface area contributed by atoms with Crippen molar-refractivity contribution in [1.29, 1.82) is 0 Å². The maximum atomic E-state index is 13.0. The van der Waals surface area contributed by atoms with Crippen molar-refractivity contribution in [3.8, 4) is 0 Å². The Kier molecular flexibility index (Phi) is 9.07. The minimum Gasteiger partial charge on any atom is -0.325 e. The maximum Gasteiger partial charge on any atom is 0.240 e. The second-order valence-electron chi connectivity index (χ2n) is 8.71. The van der Waals surface area contributed by atoms with Crippen LogP contribution in [0.1, 0.15) is 33.5 Å². The zero-order valence-corrected chi connectivity index (χ0v) is 22.1. The average molecular weight is 547 g/mol. The quantitative estimate of drug-likeness (QED) is 0.237. The van der Waals surface area contributed by atoms with Gasteiger partial charge in [0.2, 0.25) is 15.9 Å². The summed E-state index contributed by atoms with van der Waals surface area (Å²) < 4.78 is 27.8. The minimum atomic E-state index is -3.63. The van der Waals surface area contributed by atoms with Crippen LogP contribution in [0, 0.1) is 0 Å². The topological polar surface area (TPSA) is 92.3 Å². The van der Waals surface area contributed by atoms with Gasteiger partial charge < -0.3 is 5.32 Å². The molecule has 0 bridgehead atoms. The summed E-state index contributed by atoms with van der Waals surface area (Å²) in [7, 11) is -3.63. The van der Waals surface area contributed by atoms with Gasteiger partial charge in [-0.25, -0.2) is 13.1 Å². The Balaban J connectivity index is 1.33. The number of amides is 1. The minimum absolute atomic E-state index is 0.156. The van der Waals surface area contributed by atoms with Crippen molar-refractivity contribution in [3.63, 3.8) is 0 Å². The largest absolute Gasteiger partial charge is 0.325 e. The van der Waals surface area contributed by atoms with Gasteiger partial charge in [0, 0.05) is 29.1 Å². The number of benzene rings is 4. The summed E-state index contributed by atoms with van der Waals surface area (Å²) in [6.07, 6.45) is 1.16. The average Bonchev–Trinajstić information content (AvgIpc) is 2.94. The molecule has 0 saturated heterocycles. The lowest BCUT2D eigenvalue weighted by atomic mass is 10.0. The Morgan fingerprint density at radius 3 is 2.05 bits per heavy atom. The number of carbonyl (C=O) groups excluding carboxylic acids is 2. The van der Waals surface area contributed by atoms with Gasteiger partial charge >= 0.3 is 0 Å². The van der Waals surface area contributed by atoms with Crippen molar-refractivity contribution in [2.75, 3.05) is 11.9 Å². The molecule has 6 nitrogen and oxygen atoms in total. The van der Waals surface area contributed by atoms with E-state index in [4.69, 9.17) is 11.6 Å². The molecule has 0 aliphatic rings. The van der Waals surface area contributed by atoms with Gasteiger partial charge in [-0.2, -0.15) is 0 Å². The third kappa shape index (κ3) is 7.38. The van der Waals surface area contributed by atoms with Crippen LogP contribution in [-0.2, 0) is 27.7 Å². The van der Waals surface area contributed by atoms with Crippen molar-refractivity contribution in [3.05, 3.63) is 130 Å². The molecule has 8 heteroatoms. The summed E-state index contributed by atoms with van der Waals surface area (Å²) in [5, 5.41) is 3.20. The van der Waals surface area contributed by atoms with Crippen LogP contribution in [0.3, 0.4) is 0 Å². The van der Waals surface area contributed by atoms with E-state index in [1.54, 1.807) is 54.6 Å². The Morgan fingerprint density at radius 2 is 1.37 bits per heavy atom. The van der Waals surface area contributed by atoms with Crippen LogP contribution < -0.4 is 10.0 Å². The molecular formula is C30H27ClN2O4S. The molecule has 4 aromatic rings. The van der Waals surface area contributed by atoms with Gasteiger partial charge in [-0.3, -0.25) is 9.59 Å². The first-order chi connectivity index (χ1) is 18.3. The number of aryl methyl sites for hydroxylation is 1. The number of nitrogens with one attached hydrogen (secondary N) is 2. The van der Waals surface area contributed by atoms with E-state index in [9.17, 15) is 18.0 Å². The molecule has 0 atom stereocenters. The third-order valence-electron chi connectivity index (χ3n) is 5.96. The van der Waals surface area contributed by atoms with Crippen LogP contribution in [0.5, 0.6) is 0 Å². The van der Waals surface area contributed by atoms with Gasteiger partial charge in [0.15, 0.2) is 5.78 Å². The van der Waals surface area contributed by atoms with Crippen LogP contribution in [0.25, 0.3) is 0 Å². The highest BCUT2D eigenvalue weighted by Gasteiger charge is 2.17. The number of rotatable bonds is 11. The molecule has 4 rings (SSSR count). The maximum absolute atomic E-state index is 13.0. The molecule has 0 spiro atoms. The number of hydrogen-bond acceptors (Lipinski definition) is 4. The summed E-state index contributed by atoms with van der Waals surface area (Å²) >= 11 is 6.11. The van der Waals surface area contributed by atoms with Gasteiger partial charge in [0.25, 0.3) is 0 Å². The van der Waals surface area contributed by atoms with Crippen molar-refractivity contribution >= 4 is 39.0 Å². The molecule has 0 radical (unpaired) electrons. The number of hydrogen-bond donors (Lipinski definition) is 2. The van der Waals surface area contributed by atoms with Crippen LogP contribution in [0.4, 0.5) is 5.69 Å². The molecule has 0 heterocycles. The van der Waals surface area contributed by atoms with Gasteiger partial charge in [-0.1, -0.05) is 84.4 Å². The number of halogens is 1. The molecular weight excluding hydrogens is 520 g/mol. The van der Waals surface area contributed by atoms with Crippen LogP contribution >= 0.6 is 11.6 Å². The molecule has 194 valence electrons. The number of sulfonamides is 1. The summed E-state index contributed by atoms with van der Waals surface area (Å²) in [6, 6.07) is 29.7. The highest BCUT2D eigenvalue weighted by atomic mass is 35.5. The van der Waals surface area contributed by atoms with E-state index in [2.05, 4.69) is 10.0 Å². The predicted octanol–water partition coefficient (Wildman–Crippen LogP) is 5.66. The molecule has 2 N–H and O–H groups in total. The lowest BCUT2D eigenvalue weighted by molar-refractivity contribution is -0.116. The Bertz CT molecular complexity index is 1510. The first-order valence-corrected chi connectivity index (χ1v) is 14.0. The highest BCUT2D eigenvalue weighted by Crippen LogP contribution is 2.24. The molecule has 0 saturated carbocycles. The van der Waals surface area contributed by atoms with E-state index in [0.29, 0.717) is 41.2 Å². The first kappa shape index (κ1) is 27.3. The van der Waals surface area contributed by atoms with E-state index in [1.807, 2.05) is 36.4 Å². The van der Waals surface area contributed by atoms with Crippen LogP contribution in [0.15, 0.2) is 108 Å².